The minimum absolute atomic E-state index is 0.0232. The van der Waals surface area contributed by atoms with Gasteiger partial charge in [-0.05, 0) is 39.0 Å². The number of nitrogens with one attached hydrogen (secondary N) is 2. The molecule has 0 spiro atoms. The minimum atomic E-state index is 0.0232. The maximum absolute atomic E-state index is 12.5. The first kappa shape index (κ1) is 13.4. The second kappa shape index (κ2) is 5.81. The number of nitrogens with zero attached hydrogens (tertiary/aromatic N) is 3. The first-order valence-electron chi connectivity index (χ1n) is 7.70. The summed E-state index contributed by atoms with van der Waals surface area (Å²) < 4.78 is 0. The first-order chi connectivity index (χ1) is 9.74. The summed E-state index contributed by atoms with van der Waals surface area (Å²) in [5, 5.41) is 10.3. The molecule has 1 saturated heterocycles. The van der Waals surface area contributed by atoms with E-state index in [2.05, 4.69) is 20.5 Å². The molecule has 1 atom stereocenters. The molecule has 2 fully saturated rings. The van der Waals surface area contributed by atoms with Crippen molar-refractivity contribution in [2.45, 2.75) is 64.0 Å². The van der Waals surface area contributed by atoms with Gasteiger partial charge in [0.25, 0.3) is 0 Å². The van der Waals surface area contributed by atoms with Crippen LogP contribution in [0.4, 0.5) is 4.79 Å². The number of urea groups is 1. The zero-order valence-electron chi connectivity index (χ0n) is 12.1. The number of amides is 2. The molecule has 6 heteroatoms. The molecule has 20 heavy (non-hydrogen) atoms. The number of rotatable bonds is 2. The quantitative estimate of drug-likeness (QED) is 0.871. The Morgan fingerprint density at radius 1 is 1.25 bits per heavy atom. The average molecular weight is 277 g/mol. The van der Waals surface area contributed by atoms with Crippen LogP contribution in [0.5, 0.6) is 0 Å². The predicted octanol–water partition coefficient (Wildman–Crippen LogP) is 2.29. The third kappa shape index (κ3) is 2.78. The van der Waals surface area contributed by atoms with Crippen LogP contribution in [0, 0.1) is 6.92 Å². The van der Waals surface area contributed by atoms with Crippen molar-refractivity contribution in [3.05, 3.63) is 11.6 Å². The number of piperidine rings is 1. The Morgan fingerprint density at radius 2 is 2.00 bits per heavy atom. The predicted molar refractivity (Wildman–Crippen MR) is 75.2 cm³/mol. The van der Waals surface area contributed by atoms with Crippen molar-refractivity contribution in [2.75, 3.05) is 6.54 Å². The number of aryl methyl sites for hydroxylation is 1. The van der Waals surface area contributed by atoms with Gasteiger partial charge in [0.1, 0.15) is 5.82 Å². The van der Waals surface area contributed by atoms with Gasteiger partial charge in [0, 0.05) is 12.6 Å². The first-order valence-corrected chi connectivity index (χ1v) is 7.70. The number of likely N-dealkylation sites (tertiary alicyclic amines) is 1. The standard InChI is InChI=1S/C14H23N5O/c1-10-15-13(18-17-10)12-8-4-5-9-19(12)14(20)16-11-6-2-3-7-11/h11-12H,2-9H2,1H3,(H,16,20)(H,15,17,18). The summed E-state index contributed by atoms with van der Waals surface area (Å²) in [7, 11) is 0. The van der Waals surface area contributed by atoms with Gasteiger partial charge in [0.05, 0.1) is 6.04 Å². The molecule has 1 unspecified atom stereocenters. The van der Waals surface area contributed by atoms with Crippen LogP contribution in [-0.2, 0) is 0 Å². The van der Waals surface area contributed by atoms with E-state index in [1.807, 2.05) is 11.8 Å². The highest BCUT2D eigenvalue weighted by molar-refractivity contribution is 5.75. The number of hydrogen-bond acceptors (Lipinski definition) is 3. The van der Waals surface area contributed by atoms with Gasteiger partial charge in [-0.3, -0.25) is 5.10 Å². The number of aromatic amines is 1. The Bertz CT molecular complexity index is 466. The van der Waals surface area contributed by atoms with Gasteiger partial charge >= 0.3 is 6.03 Å². The largest absolute Gasteiger partial charge is 0.335 e. The Balaban J connectivity index is 1.69. The molecule has 1 aromatic heterocycles. The molecule has 2 heterocycles. The van der Waals surface area contributed by atoms with E-state index in [4.69, 9.17) is 0 Å². The van der Waals surface area contributed by atoms with E-state index < -0.39 is 0 Å². The number of carbonyl (C=O) groups is 1. The lowest BCUT2D eigenvalue weighted by Gasteiger charge is -2.34. The zero-order valence-corrected chi connectivity index (χ0v) is 12.1. The van der Waals surface area contributed by atoms with Gasteiger partial charge in [0.2, 0.25) is 0 Å². The summed E-state index contributed by atoms with van der Waals surface area (Å²) in [6, 6.07) is 0.443. The highest BCUT2D eigenvalue weighted by Crippen LogP contribution is 2.29. The number of H-pyrrole nitrogens is 1. The van der Waals surface area contributed by atoms with E-state index in [0.29, 0.717) is 6.04 Å². The zero-order chi connectivity index (χ0) is 13.9. The Kier molecular flexibility index (Phi) is 3.89. The van der Waals surface area contributed by atoms with Gasteiger partial charge in [-0.15, -0.1) is 0 Å². The molecule has 2 aliphatic rings. The molecular weight excluding hydrogens is 254 g/mol. The summed E-state index contributed by atoms with van der Waals surface area (Å²) in [5.74, 6) is 1.56. The van der Waals surface area contributed by atoms with Gasteiger partial charge in [0.15, 0.2) is 5.82 Å². The lowest BCUT2D eigenvalue weighted by atomic mass is 10.0. The Hall–Kier alpha value is -1.59. The monoisotopic (exact) mass is 277 g/mol. The van der Waals surface area contributed by atoms with Crippen LogP contribution in [0.15, 0.2) is 0 Å². The molecule has 1 saturated carbocycles. The molecular formula is C14H23N5O. The SMILES string of the molecule is Cc1nc(C2CCCCN2C(=O)NC2CCCC2)n[nH]1. The normalized spacial score (nSPS) is 24.1. The summed E-state index contributed by atoms with van der Waals surface area (Å²) in [5.41, 5.74) is 0. The lowest BCUT2D eigenvalue weighted by molar-refractivity contribution is 0.144. The van der Waals surface area contributed by atoms with Crippen molar-refractivity contribution in [3.8, 4) is 0 Å². The lowest BCUT2D eigenvalue weighted by Crippen LogP contribution is -2.47. The van der Waals surface area contributed by atoms with Crippen LogP contribution in [0.1, 0.15) is 62.6 Å². The molecule has 110 valence electrons. The van der Waals surface area contributed by atoms with Crippen LogP contribution in [0.25, 0.3) is 0 Å². The number of hydrogen-bond donors (Lipinski definition) is 2. The van der Waals surface area contributed by atoms with Gasteiger partial charge in [-0.2, -0.15) is 5.10 Å². The second-order valence-electron chi connectivity index (χ2n) is 5.91. The van der Waals surface area contributed by atoms with E-state index in [1.54, 1.807) is 0 Å². The molecule has 0 bridgehead atoms. The molecule has 3 rings (SSSR count). The van der Waals surface area contributed by atoms with Gasteiger partial charge in [-0.1, -0.05) is 12.8 Å². The molecule has 1 aliphatic carbocycles. The van der Waals surface area contributed by atoms with Crippen LogP contribution >= 0.6 is 0 Å². The molecule has 2 N–H and O–H groups in total. The third-order valence-electron chi connectivity index (χ3n) is 4.36. The maximum atomic E-state index is 12.5. The second-order valence-corrected chi connectivity index (χ2v) is 5.91. The fourth-order valence-electron chi connectivity index (χ4n) is 3.28. The summed E-state index contributed by atoms with van der Waals surface area (Å²) in [6.45, 7) is 2.69. The van der Waals surface area contributed by atoms with Crippen molar-refractivity contribution in [1.29, 1.82) is 0 Å². The maximum Gasteiger partial charge on any atom is 0.318 e. The van der Waals surface area contributed by atoms with Crippen molar-refractivity contribution in [3.63, 3.8) is 0 Å². The van der Waals surface area contributed by atoms with E-state index >= 15 is 0 Å². The van der Waals surface area contributed by atoms with Gasteiger partial charge < -0.3 is 10.2 Å². The highest BCUT2D eigenvalue weighted by atomic mass is 16.2. The number of carbonyl (C=O) groups excluding carboxylic acids is 1. The fraction of sp³-hybridized carbons (Fsp3) is 0.786. The van der Waals surface area contributed by atoms with Crippen molar-refractivity contribution in [1.82, 2.24) is 25.4 Å². The van der Waals surface area contributed by atoms with Crippen molar-refractivity contribution >= 4 is 6.03 Å². The van der Waals surface area contributed by atoms with E-state index in [9.17, 15) is 4.79 Å². The Morgan fingerprint density at radius 3 is 2.70 bits per heavy atom. The highest BCUT2D eigenvalue weighted by Gasteiger charge is 2.31. The molecule has 1 aromatic rings. The molecule has 6 nitrogen and oxygen atoms in total. The van der Waals surface area contributed by atoms with Gasteiger partial charge in [-0.25, -0.2) is 9.78 Å². The van der Waals surface area contributed by atoms with Crippen molar-refractivity contribution < 1.29 is 4.79 Å². The summed E-state index contributed by atoms with van der Waals surface area (Å²) in [4.78, 5) is 18.8. The van der Waals surface area contributed by atoms with Crippen LogP contribution in [-0.4, -0.2) is 38.7 Å². The summed E-state index contributed by atoms with van der Waals surface area (Å²) in [6.07, 6.45) is 7.84. The summed E-state index contributed by atoms with van der Waals surface area (Å²) >= 11 is 0. The third-order valence-corrected chi connectivity index (χ3v) is 4.36. The van der Waals surface area contributed by atoms with E-state index in [-0.39, 0.29) is 12.1 Å². The van der Waals surface area contributed by atoms with Crippen LogP contribution < -0.4 is 5.32 Å². The molecule has 0 radical (unpaired) electrons. The van der Waals surface area contributed by atoms with Crippen molar-refractivity contribution in [2.24, 2.45) is 0 Å². The topological polar surface area (TPSA) is 73.9 Å². The Labute approximate surface area is 119 Å². The fourth-order valence-corrected chi connectivity index (χ4v) is 3.28. The van der Waals surface area contributed by atoms with E-state index in [1.165, 1.54) is 12.8 Å². The molecule has 1 aliphatic heterocycles. The number of aromatic nitrogens is 3. The van der Waals surface area contributed by atoms with E-state index in [0.717, 1.165) is 50.3 Å². The molecule has 0 aromatic carbocycles. The minimum Gasteiger partial charge on any atom is -0.335 e. The van der Waals surface area contributed by atoms with Crippen LogP contribution in [0.2, 0.25) is 0 Å². The smallest absolute Gasteiger partial charge is 0.318 e. The molecule has 2 amide bonds. The average Bonchev–Trinajstić information content (AvgIpc) is 3.10. The van der Waals surface area contributed by atoms with Crippen LogP contribution in [0.3, 0.4) is 0 Å².